The first-order chi connectivity index (χ1) is 9.93. The van der Waals surface area contributed by atoms with E-state index in [0.717, 1.165) is 36.3 Å². The summed E-state index contributed by atoms with van der Waals surface area (Å²) in [5, 5.41) is 0. The molecule has 1 aliphatic heterocycles. The average Bonchev–Trinajstić information content (AvgIpc) is 2.58. The first-order valence-corrected chi connectivity index (χ1v) is 8.06. The van der Waals surface area contributed by atoms with Crippen molar-refractivity contribution in [3.05, 3.63) is 23.8 Å². The van der Waals surface area contributed by atoms with Crippen molar-refractivity contribution in [3.63, 3.8) is 0 Å². The van der Waals surface area contributed by atoms with Gasteiger partial charge in [-0.05, 0) is 43.6 Å². The van der Waals surface area contributed by atoms with Crippen molar-refractivity contribution in [1.82, 2.24) is 0 Å². The average molecular weight is 289 g/mol. The maximum absolute atomic E-state index is 6.49. The highest BCUT2D eigenvalue weighted by molar-refractivity contribution is 5.44. The summed E-state index contributed by atoms with van der Waals surface area (Å²) in [4.78, 5) is 0. The van der Waals surface area contributed by atoms with Gasteiger partial charge >= 0.3 is 0 Å². The third-order valence-corrected chi connectivity index (χ3v) is 5.28. The summed E-state index contributed by atoms with van der Waals surface area (Å²) in [5.74, 6) is 1.76. The minimum absolute atomic E-state index is 0.0702. The van der Waals surface area contributed by atoms with Crippen LogP contribution in [0.3, 0.4) is 0 Å². The number of methoxy groups -OCH3 is 1. The SMILES string of the molecule is COc1ccc2c(c1)OC1(CCCC(C)(C)CC1)CC2N. The molecule has 1 aromatic carbocycles. The molecule has 0 aromatic heterocycles. The molecule has 1 spiro atoms. The van der Waals surface area contributed by atoms with Gasteiger partial charge in [0.2, 0.25) is 0 Å². The molecule has 1 heterocycles. The molecule has 2 atom stereocenters. The molecule has 2 N–H and O–H groups in total. The van der Waals surface area contributed by atoms with Crippen LogP contribution < -0.4 is 15.2 Å². The summed E-state index contributed by atoms with van der Waals surface area (Å²) in [6, 6.07) is 6.08. The highest BCUT2D eigenvalue weighted by Gasteiger charge is 2.42. The smallest absolute Gasteiger partial charge is 0.128 e. The Balaban J connectivity index is 1.89. The second-order valence-corrected chi connectivity index (χ2v) is 7.52. The Hall–Kier alpha value is -1.22. The summed E-state index contributed by atoms with van der Waals surface area (Å²) in [7, 11) is 1.69. The Labute approximate surface area is 127 Å². The highest BCUT2D eigenvalue weighted by atomic mass is 16.5. The molecule has 1 aromatic rings. The van der Waals surface area contributed by atoms with Crippen LogP contribution in [0.4, 0.5) is 0 Å². The molecule has 0 saturated heterocycles. The van der Waals surface area contributed by atoms with Crippen molar-refractivity contribution in [1.29, 1.82) is 0 Å². The molecule has 3 nitrogen and oxygen atoms in total. The molecule has 2 unspecified atom stereocenters. The molecule has 2 aliphatic rings. The summed E-state index contributed by atoms with van der Waals surface area (Å²) >= 11 is 0. The molecule has 0 radical (unpaired) electrons. The van der Waals surface area contributed by atoms with Crippen LogP contribution in [-0.4, -0.2) is 12.7 Å². The fraction of sp³-hybridized carbons (Fsp3) is 0.667. The van der Waals surface area contributed by atoms with Gasteiger partial charge in [-0.1, -0.05) is 19.9 Å². The standard InChI is InChI=1S/C18H27NO2/c1-17(2)7-4-8-18(10-9-17)12-15(19)14-6-5-13(20-3)11-16(14)21-18/h5-6,11,15H,4,7-10,12,19H2,1-3H3. The largest absolute Gasteiger partial charge is 0.497 e. The summed E-state index contributed by atoms with van der Waals surface area (Å²) in [6.45, 7) is 4.73. The van der Waals surface area contributed by atoms with E-state index in [9.17, 15) is 0 Å². The third-order valence-electron chi connectivity index (χ3n) is 5.28. The van der Waals surface area contributed by atoms with E-state index in [0.29, 0.717) is 5.41 Å². The van der Waals surface area contributed by atoms with Crippen molar-refractivity contribution in [2.45, 2.75) is 64.0 Å². The fourth-order valence-corrected chi connectivity index (χ4v) is 3.83. The maximum atomic E-state index is 6.49. The molecule has 0 amide bonds. The molecule has 1 saturated carbocycles. The summed E-state index contributed by atoms with van der Waals surface area (Å²) in [6.07, 6.45) is 6.85. The monoisotopic (exact) mass is 289 g/mol. The zero-order valence-electron chi connectivity index (χ0n) is 13.4. The van der Waals surface area contributed by atoms with Gasteiger partial charge < -0.3 is 15.2 Å². The molecule has 21 heavy (non-hydrogen) atoms. The summed E-state index contributed by atoms with van der Waals surface area (Å²) in [5.41, 5.74) is 7.90. The van der Waals surface area contributed by atoms with E-state index < -0.39 is 0 Å². The van der Waals surface area contributed by atoms with E-state index in [1.165, 1.54) is 19.3 Å². The first-order valence-electron chi connectivity index (χ1n) is 8.06. The van der Waals surface area contributed by atoms with Crippen molar-refractivity contribution in [2.75, 3.05) is 7.11 Å². The zero-order valence-corrected chi connectivity index (χ0v) is 13.4. The van der Waals surface area contributed by atoms with Crippen LogP contribution >= 0.6 is 0 Å². The van der Waals surface area contributed by atoms with Crippen molar-refractivity contribution < 1.29 is 9.47 Å². The molecule has 0 bridgehead atoms. The molecular weight excluding hydrogens is 262 g/mol. The van der Waals surface area contributed by atoms with Crippen LogP contribution in [0.5, 0.6) is 11.5 Å². The lowest BCUT2D eigenvalue weighted by molar-refractivity contribution is 0.0187. The van der Waals surface area contributed by atoms with Crippen molar-refractivity contribution >= 4 is 0 Å². The summed E-state index contributed by atoms with van der Waals surface area (Å²) < 4.78 is 11.8. The number of hydrogen-bond donors (Lipinski definition) is 1. The maximum Gasteiger partial charge on any atom is 0.128 e. The topological polar surface area (TPSA) is 44.5 Å². The second kappa shape index (κ2) is 5.20. The van der Waals surface area contributed by atoms with Crippen LogP contribution in [-0.2, 0) is 0 Å². The van der Waals surface area contributed by atoms with Gasteiger partial charge in [-0.25, -0.2) is 0 Å². The number of nitrogens with two attached hydrogens (primary N) is 1. The predicted octanol–water partition coefficient (Wildman–Crippen LogP) is 4.21. The van der Waals surface area contributed by atoms with Crippen molar-refractivity contribution in [2.24, 2.45) is 11.1 Å². The van der Waals surface area contributed by atoms with Gasteiger partial charge in [0.15, 0.2) is 0 Å². The van der Waals surface area contributed by atoms with Gasteiger partial charge in [-0.2, -0.15) is 0 Å². The minimum atomic E-state index is -0.0768. The molecular formula is C18H27NO2. The van der Waals surface area contributed by atoms with Crippen LogP contribution in [0, 0.1) is 5.41 Å². The van der Waals surface area contributed by atoms with Crippen molar-refractivity contribution in [3.8, 4) is 11.5 Å². The second-order valence-electron chi connectivity index (χ2n) is 7.52. The quantitative estimate of drug-likeness (QED) is 0.842. The fourth-order valence-electron chi connectivity index (χ4n) is 3.83. The Bertz CT molecular complexity index is 526. The van der Waals surface area contributed by atoms with Gasteiger partial charge in [0.25, 0.3) is 0 Å². The molecule has 3 heteroatoms. The normalized spacial score (nSPS) is 31.1. The number of rotatable bonds is 1. The lowest BCUT2D eigenvalue weighted by Crippen LogP contribution is -2.42. The highest BCUT2D eigenvalue weighted by Crippen LogP contribution is 2.48. The molecule has 116 valence electrons. The third kappa shape index (κ3) is 2.89. The van der Waals surface area contributed by atoms with E-state index in [1.54, 1.807) is 7.11 Å². The zero-order chi connectivity index (χ0) is 15.1. The van der Waals surface area contributed by atoms with Gasteiger partial charge in [-0.15, -0.1) is 0 Å². The number of benzene rings is 1. The van der Waals surface area contributed by atoms with Crippen LogP contribution in [0.1, 0.15) is 64.0 Å². The van der Waals surface area contributed by atoms with Gasteiger partial charge in [-0.3, -0.25) is 0 Å². The Morgan fingerprint density at radius 2 is 2.00 bits per heavy atom. The molecule has 3 rings (SSSR count). The van der Waals surface area contributed by atoms with Gasteiger partial charge in [0.05, 0.1) is 7.11 Å². The lowest BCUT2D eigenvalue weighted by Gasteiger charge is -2.41. The molecule has 1 fully saturated rings. The Morgan fingerprint density at radius 1 is 1.19 bits per heavy atom. The van der Waals surface area contributed by atoms with Gasteiger partial charge in [0, 0.05) is 24.1 Å². The van der Waals surface area contributed by atoms with E-state index in [1.807, 2.05) is 18.2 Å². The predicted molar refractivity (Wildman–Crippen MR) is 84.8 cm³/mol. The van der Waals surface area contributed by atoms with E-state index in [2.05, 4.69) is 13.8 Å². The van der Waals surface area contributed by atoms with E-state index in [-0.39, 0.29) is 11.6 Å². The lowest BCUT2D eigenvalue weighted by atomic mass is 9.80. The van der Waals surface area contributed by atoms with Crippen LogP contribution in [0.15, 0.2) is 18.2 Å². The molecule has 1 aliphatic carbocycles. The Morgan fingerprint density at radius 3 is 2.76 bits per heavy atom. The number of fused-ring (bicyclic) bond motifs is 1. The number of ether oxygens (including phenoxy) is 2. The van der Waals surface area contributed by atoms with E-state index in [4.69, 9.17) is 15.2 Å². The van der Waals surface area contributed by atoms with Gasteiger partial charge in [0.1, 0.15) is 17.1 Å². The van der Waals surface area contributed by atoms with E-state index >= 15 is 0 Å². The number of hydrogen-bond acceptors (Lipinski definition) is 3. The van der Waals surface area contributed by atoms with Crippen LogP contribution in [0.2, 0.25) is 0 Å². The Kier molecular flexibility index (Phi) is 3.64. The van der Waals surface area contributed by atoms with Crippen LogP contribution in [0.25, 0.3) is 0 Å². The minimum Gasteiger partial charge on any atom is -0.497 e. The first kappa shape index (κ1) is 14.7.